The third-order valence-electron chi connectivity index (χ3n) is 1.72. The minimum Gasteiger partial charge on any atom is -0.370 e. The number of aliphatic hydroxyl groups excluding tert-OH is 1. The number of nitrogens with zero attached hydrogens (tertiary/aromatic N) is 3. The van der Waals surface area contributed by atoms with E-state index < -0.39 is 6.23 Å². The number of rotatable bonds is 0. The number of aliphatic hydroxyl groups is 1. The highest BCUT2D eigenvalue weighted by Crippen LogP contribution is 2.24. The van der Waals surface area contributed by atoms with E-state index in [2.05, 4.69) is 15.3 Å². The van der Waals surface area contributed by atoms with Crippen molar-refractivity contribution in [3.05, 3.63) is 12.0 Å². The molecule has 2 heterocycles. The lowest BCUT2D eigenvalue weighted by molar-refractivity contribution is 0.183. The summed E-state index contributed by atoms with van der Waals surface area (Å²) in [6.45, 7) is 0. The maximum absolute atomic E-state index is 9.36. The molecule has 6 nitrogen and oxygen atoms in total. The molecule has 1 atom stereocenters. The van der Waals surface area contributed by atoms with Gasteiger partial charge in [-0.3, -0.25) is 0 Å². The molecule has 0 radical (unpaired) electrons. The normalized spacial score (nSPS) is 21.2. The molecule has 0 aromatic carbocycles. The Labute approximate surface area is 68.7 Å². The first-order valence-electron chi connectivity index (χ1n) is 3.48. The van der Waals surface area contributed by atoms with Gasteiger partial charge in [-0.05, 0) is 0 Å². The molecule has 0 saturated heterocycles. The van der Waals surface area contributed by atoms with Gasteiger partial charge in [0, 0.05) is 7.05 Å². The van der Waals surface area contributed by atoms with Gasteiger partial charge in [-0.15, -0.1) is 0 Å². The van der Waals surface area contributed by atoms with E-state index in [1.165, 1.54) is 0 Å². The number of aryl methyl sites for hydroxylation is 1. The van der Waals surface area contributed by atoms with Gasteiger partial charge in [0.15, 0.2) is 12.2 Å². The average molecular weight is 167 g/mol. The lowest BCUT2D eigenvalue weighted by atomic mass is 10.3. The molecule has 1 aromatic heterocycles. The first-order chi connectivity index (χ1) is 5.68. The molecule has 1 aliphatic rings. The van der Waals surface area contributed by atoms with Crippen LogP contribution in [0.2, 0.25) is 0 Å². The van der Waals surface area contributed by atoms with Crippen molar-refractivity contribution in [1.29, 1.82) is 0 Å². The molecule has 64 valence electrons. The van der Waals surface area contributed by atoms with Crippen LogP contribution in [0.3, 0.4) is 0 Å². The van der Waals surface area contributed by atoms with Crippen molar-refractivity contribution in [3.8, 4) is 0 Å². The van der Waals surface area contributed by atoms with Crippen LogP contribution in [0.5, 0.6) is 0 Å². The predicted octanol–water partition coefficient (Wildman–Crippen LogP) is -0.849. The minimum atomic E-state index is -0.942. The van der Waals surface area contributed by atoms with Gasteiger partial charge in [0.25, 0.3) is 0 Å². The van der Waals surface area contributed by atoms with Crippen molar-refractivity contribution < 1.29 is 5.11 Å². The van der Waals surface area contributed by atoms with Crippen LogP contribution in [-0.4, -0.2) is 20.6 Å². The number of imidazole rings is 1. The van der Waals surface area contributed by atoms with E-state index in [4.69, 9.17) is 5.73 Å². The summed E-state index contributed by atoms with van der Waals surface area (Å²) in [5.41, 5.74) is 5.91. The maximum atomic E-state index is 9.36. The van der Waals surface area contributed by atoms with Gasteiger partial charge in [0.2, 0.25) is 0 Å². The fourth-order valence-electron chi connectivity index (χ4n) is 1.14. The van der Waals surface area contributed by atoms with Crippen LogP contribution in [0.1, 0.15) is 11.9 Å². The van der Waals surface area contributed by atoms with Crippen LogP contribution in [0, 0.1) is 0 Å². The molecular formula is C6H9N5O. The van der Waals surface area contributed by atoms with E-state index >= 15 is 0 Å². The Morgan fingerprint density at radius 3 is 3.25 bits per heavy atom. The Morgan fingerprint density at radius 2 is 2.50 bits per heavy atom. The Bertz CT molecular complexity index is 342. The highest BCUT2D eigenvalue weighted by atomic mass is 16.3. The number of anilines is 1. The summed E-state index contributed by atoms with van der Waals surface area (Å²) in [6, 6.07) is 0. The molecule has 12 heavy (non-hydrogen) atoms. The van der Waals surface area contributed by atoms with E-state index in [0.29, 0.717) is 11.5 Å². The van der Waals surface area contributed by atoms with Crippen molar-refractivity contribution in [3.63, 3.8) is 0 Å². The highest BCUT2D eigenvalue weighted by Gasteiger charge is 2.21. The molecule has 6 heteroatoms. The van der Waals surface area contributed by atoms with Gasteiger partial charge >= 0.3 is 0 Å². The lowest BCUT2D eigenvalue weighted by Gasteiger charge is -2.15. The quantitative estimate of drug-likeness (QED) is 0.469. The van der Waals surface area contributed by atoms with Crippen LogP contribution < -0.4 is 11.1 Å². The largest absolute Gasteiger partial charge is 0.370 e. The van der Waals surface area contributed by atoms with Crippen molar-refractivity contribution >= 4 is 11.8 Å². The fraction of sp³-hybridized carbons (Fsp3) is 0.333. The van der Waals surface area contributed by atoms with E-state index in [0.717, 1.165) is 0 Å². The second kappa shape index (κ2) is 2.21. The molecular weight excluding hydrogens is 158 g/mol. The van der Waals surface area contributed by atoms with E-state index in [1.807, 2.05) is 7.05 Å². The smallest absolute Gasteiger partial charge is 0.197 e. The third kappa shape index (κ3) is 0.850. The van der Waals surface area contributed by atoms with Crippen LogP contribution in [0.4, 0.5) is 5.82 Å². The van der Waals surface area contributed by atoms with Crippen LogP contribution in [-0.2, 0) is 7.05 Å². The van der Waals surface area contributed by atoms with Gasteiger partial charge in [0.1, 0.15) is 11.5 Å². The Morgan fingerprint density at radius 1 is 1.75 bits per heavy atom. The molecule has 0 fully saturated rings. The predicted molar refractivity (Wildman–Crippen MR) is 43.4 cm³/mol. The average Bonchev–Trinajstić information content (AvgIpc) is 2.33. The van der Waals surface area contributed by atoms with Crippen molar-refractivity contribution in [2.24, 2.45) is 17.8 Å². The molecule has 2 rings (SSSR count). The van der Waals surface area contributed by atoms with Crippen molar-refractivity contribution in [1.82, 2.24) is 9.55 Å². The molecule has 4 N–H and O–H groups in total. The number of guanidine groups is 1. The summed E-state index contributed by atoms with van der Waals surface area (Å²) >= 11 is 0. The van der Waals surface area contributed by atoms with E-state index in [9.17, 15) is 5.11 Å². The summed E-state index contributed by atoms with van der Waals surface area (Å²) in [6.07, 6.45) is 0.650. The Kier molecular flexibility index (Phi) is 1.31. The zero-order valence-electron chi connectivity index (χ0n) is 6.52. The van der Waals surface area contributed by atoms with E-state index in [1.54, 1.807) is 10.9 Å². The number of fused-ring (bicyclic) bond motifs is 1. The molecule has 1 unspecified atom stereocenters. The number of aromatic nitrogens is 2. The second-order valence-corrected chi connectivity index (χ2v) is 2.60. The zero-order valence-corrected chi connectivity index (χ0v) is 6.52. The van der Waals surface area contributed by atoms with Crippen molar-refractivity contribution in [2.45, 2.75) is 6.23 Å². The molecule has 0 spiro atoms. The van der Waals surface area contributed by atoms with Gasteiger partial charge in [-0.25, -0.2) is 9.98 Å². The van der Waals surface area contributed by atoms with E-state index in [-0.39, 0.29) is 5.96 Å². The number of hydrogen-bond acceptors (Lipinski definition) is 5. The molecule has 1 aliphatic heterocycles. The molecule has 0 aliphatic carbocycles. The molecule has 0 amide bonds. The summed E-state index contributed by atoms with van der Waals surface area (Å²) in [5, 5.41) is 12.2. The molecule has 0 bridgehead atoms. The number of hydrogen-bond donors (Lipinski definition) is 3. The van der Waals surface area contributed by atoms with Crippen LogP contribution >= 0.6 is 0 Å². The summed E-state index contributed by atoms with van der Waals surface area (Å²) < 4.78 is 1.74. The van der Waals surface area contributed by atoms with Crippen molar-refractivity contribution in [2.75, 3.05) is 5.32 Å². The fourth-order valence-corrected chi connectivity index (χ4v) is 1.14. The molecule has 1 aromatic rings. The van der Waals surface area contributed by atoms with Gasteiger partial charge in [-0.1, -0.05) is 0 Å². The monoisotopic (exact) mass is 167 g/mol. The second-order valence-electron chi connectivity index (χ2n) is 2.60. The minimum absolute atomic E-state index is 0.207. The van der Waals surface area contributed by atoms with Gasteiger partial charge < -0.3 is 20.7 Å². The Balaban J connectivity index is 2.50. The van der Waals surface area contributed by atoms with Crippen LogP contribution in [0.15, 0.2) is 11.3 Å². The lowest BCUT2D eigenvalue weighted by Crippen LogP contribution is -2.28. The topological polar surface area (TPSA) is 88.5 Å². The summed E-state index contributed by atoms with van der Waals surface area (Å²) in [4.78, 5) is 7.66. The Hall–Kier alpha value is -1.56. The van der Waals surface area contributed by atoms with Crippen LogP contribution in [0.25, 0.3) is 0 Å². The van der Waals surface area contributed by atoms with Gasteiger partial charge in [-0.2, -0.15) is 0 Å². The third-order valence-corrected chi connectivity index (χ3v) is 1.72. The molecule has 0 saturated carbocycles. The number of nitrogens with one attached hydrogen (secondary N) is 1. The standard InChI is InChI=1S/C6H9N5O/c1-11-2-8-3-4(11)9-6(7)10-5(3)12/h2,5,12H,1H3,(H3,7,9,10). The first-order valence-corrected chi connectivity index (χ1v) is 3.48. The summed E-state index contributed by atoms with van der Waals surface area (Å²) in [7, 11) is 1.81. The van der Waals surface area contributed by atoms with Gasteiger partial charge in [0.05, 0.1) is 6.33 Å². The summed E-state index contributed by atoms with van der Waals surface area (Å²) in [5.74, 6) is 0.897. The number of nitrogens with two attached hydrogens (primary N) is 1. The first kappa shape index (κ1) is 7.11. The SMILES string of the molecule is Cn1cnc2c1NC(N)=NC2O. The maximum Gasteiger partial charge on any atom is 0.197 e. The zero-order chi connectivity index (χ0) is 8.72. The number of aliphatic imine (C=N–C) groups is 1. The highest BCUT2D eigenvalue weighted by molar-refractivity contribution is 5.93.